The van der Waals surface area contributed by atoms with Crippen LogP contribution in [0.15, 0.2) is 64.4 Å². The highest BCUT2D eigenvalue weighted by molar-refractivity contribution is 8.25. The van der Waals surface area contributed by atoms with Gasteiger partial charge in [0.1, 0.15) is 11.6 Å². The molecule has 1 atom stereocenters. The van der Waals surface area contributed by atoms with Crippen LogP contribution in [0.1, 0.15) is 11.1 Å². The summed E-state index contributed by atoms with van der Waals surface area (Å²) in [6.07, 6.45) is 0.434. The van der Waals surface area contributed by atoms with Crippen LogP contribution in [0.2, 0.25) is 5.02 Å². The van der Waals surface area contributed by atoms with E-state index in [4.69, 9.17) is 11.6 Å². The average molecular weight is 416 g/mol. The molecular weight excluding hydrogens is 398 g/mol. The molecule has 0 radical (unpaired) electrons. The number of thioether (sulfide) groups is 2. The summed E-state index contributed by atoms with van der Waals surface area (Å²) in [4.78, 5) is 28.1. The van der Waals surface area contributed by atoms with Crippen molar-refractivity contribution in [3.05, 3.63) is 80.6 Å². The molecule has 138 valence electrons. The van der Waals surface area contributed by atoms with E-state index in [1.807, 2.05) is 54.6 Å². The van der Waals surface area contributed by atoms with Crippen LogP contribution >= 0.6 is 35.1 Å². The molecule has 0 aromatic heterocycles. The van der Waals surface area contributed by atoms with Crippen LogP contribution in [0.3, 0.4) is 0 Å². The Morgan fingerprint density at radius 3 is 2.33 bits per heavy atom. The smallest absolute Gasteiger partial charge is 0.260 e. The Balaban J connectivity index is 1.70. The number of rotatable bonds is 4. The molecule has 2 fully saturated rings. The van der Waals surface area contributed by atoms with Gasteiger partial charge in [0.2, 0.25) is 0 Å². The molecule has 0 aliphatic carbocycles. The fourth-order valence-electron chi connectivity index (χ4n) is 3.38. The Labute approximate surface area is 172 Å². The van der Waals surface area contributed by atoms with Crippen molar-refractivity contribution in [2.45, 2.75) is 19.0 Å². The predicted octanol–water partition coefficient (Wildman–Crippen LogP) is 4.55. The van der Waals surface area contributed by atoms with Crippen molar-refractivity contribution in [2.24, 2.45) is 0 Å². The molecule has 2 aromatic carbocycles. The van der Waals surface area contributed by atoms with Crippen LogP contribution in [-0.2, 0) is 22.6 Å². The zero-order valence-corrected chi connectivity index (χ0v) is 16.9. The van der Waals surface area contributed by atoms with Gasteiger partial charge in [-0.1, -0.05) is 60.1 Å². The fourth-order valence-corrected chi connectivity index (χ4v) is 6.13. The minimum absolute atomic E-state index is 0.0762. The molecule has 0 bridgehead atoms. The summed E-state index contributed by atoms with van der Waals surface area (Å²) in [6, 6.07) is 16.8. The largest absolute Gasteiger partial charge is 0.323 e. The van der Waals surface area contributed by atoms with Gasteiger partial charge < -0.3 is 4.90 Å². The van der Waals surface area contributed by atoms with Crippen molar-refractivity contribution in [1.29, 1.82) is 0 Å². The molecule has 2 aliphatic rings. The summed E-state index contributed by atoms with van der Waals surface area (Å²) in [6.45, 7) is 0.423. The fraction of sp³-hybridized carbons (Fsp3) is 0.238. The first-order valence-electron chi connectivity index (χ1n) is 8.77. The Morgan fingerprint density at radius 1 is 0.963 bits per heavy atom. The molecule has 4 rings (SSSR count). The summed E-state index contributed by atoms with van der Waals surface area (Å²) < 4.78 is 0.879. The number of benzene rings is 2. The van der Waals surface area contributed by atoms with Crippen LogP contribution in [0.4, 0.5) is 0 Å². The Kier molecular flexibility index (Phi) is 5.62. The van der Waals surface area contributed by atoms with Crippen molar-refractivity contribution in [1.82, 2.24) is 4.90 Å². The molecule has 0 N–H and O–H groups in total. The van der Waals surface area contributed by atoms with E-state index in [0.717, 1.165) is 26.9 Å². The molecule has 0 saturated carbocycles. The lowest BCUT2D eigenvalue weighted by Crippen LogP contribution is -2.36. The maximum Gasteiger partial charge on any atom is 0.260 e. The Bertz CT molecular complexity index is 905. The number of nitrogens with zero attached hydrogens (tertiary/aromatic N) is 1. The van der Waals surface area contributed by atoms with E-state index in [1.54, 1.807) is 28.4 Å². The lowest BCUT2D eigenvalue weighted by Gasteiger charge is -2.23. The normalized spacial score (nSPS) is 20.0. The van der Waals surface area contributed by atoms with Crippen LogP contribution in [-0.4, -0.2) is 34.1 Å². The molecule has 1 amide bonds. The van der Waals surface area contributed by atoms with E-state index in [2.05, 4.69) is 0 Å². The van der Waals surface area contributed by atoms with Crippen LogP contribution in [0.25, 0.3) is 0 Å². The van der Waals surface area contributed by atoms with Crippen LogP contribution in [0, 0.1) is 0 Å². The second-order valence-corrected chi connectivity index (χ2v) is 9.33. The molecular formula is C21H18ClNO2S2. The first-order valence-corrected chi connectivity index (χ1v) is 11.1. The van der Waals surface area contributed by atoms with E-state index >= 15 is 0 Å². The van der Waals surface area contributed by atoms with Crippen molar-refractivity contribution in [3.63, 3.8) is 0 Å². The summed E-state index contributed by atoms with van der Waals surface area (Å²) in [5.74, 6) is 1.65. The number of hydrogen-bond acceptors (Lipinski definition) is 4. The van der Waals surface area contributed by atoms with Gasteiger partial charge in [0.05, 0.1) is 4.24 Å². The highest BCUT2D eigenvalue weighted by Crippen LogP contribution is 2.42. The second kappa shape index (κ2) is 8.13. The van der Waals surface area contributed by atoms with Gasteiger partial charge in [0.15, 0.2) is 5.78 Å². The summed E-state index contributed by atoms with van der Waals surface area (Å²) in [7, 11) is 0. The summed E-state index contributed by atoms with van der Waals surface area (Å²) in [5.41, 5.74) is 2.28. The first kappa shape index (κ1) is 18.7. The Morgan fingerprint density at radius 2 is 1.63 bits per heavy atom. The zero-order chi connectivity index (χ0) is 18.8. The third kappa shape index (κ3) is 3.82. The third-order valence-corrected chi connectivity index (χ3v) is 7.80. The SMILES string of the molecule is O=C1C(=C2SCCS2)C(=O)N(Cc2ccccc2)C1Cc1ccccc1Cl. The molecule has 1 unspecified atom stereocenters. The van der Waals surface area contributed by atoms with Gasteiger partial charge in [0, 0.05) is 29.5 Å². The number of ketones is 1. The van der Waals surface area contributed by atoms with E-state index in [-0.39, 0.29) is 11.7 Å². The van der Waals surface area contributed by atoms with Crippen molar-refractivity contribution >= 4 is 46.8 Å². The maximum absolute atomic E-state index is 13.2. The number of likely N-dealkylation sites (tertiary alicyclic amines) is 1. The number of carbonyl (C=O) groups is 2. The zero-order valence-electron chi connectivity index (χ0n) is 14.6. The lowest BCUT2D eigenvalue weighted by atomic mass is 10.0. The maximum atomic E-state index is 13.2. The molecule has 27 heavy (non-hydrogen) atoms. The minimum atomic E-state index is -0.512. The quantitative estimate of drug-likeness (QED) is 0.542. The van der Waals surface area contributed by atoms with Gasteiger partial charge >= 0.3 is 0 Å². The minimum Gasteiger partial charge on any atom is -0.323 e. The number of amides is 1. The molecule has 2 aliphatic heterocycles. The van der Waals surface area contributed by atoms with E-state index < -0.39 is 6.04 Å². The highest BCUT2D eigenvalue weighted by Gasteiger charge is 2.45. The van der Waals surface area contributed by atoms with Crippen molar-refractivity contribution in [3.8, 4) is 0 Å². The lowest BCUT2D eigenvalue weighted by molar-refractivity contribution is -0.127. The molecule has 2 saturated heterocycles. The number of halogens is 1. The van der Waals surface area contributed by atoms with Gasteiger partial charge in [-0.15, -0.1) is 23.5 Å². The predicted molar refractivity (Wildman–Crippen MR) is 113 cm³/mol. The van der Waals surface area contributed by atoms with E-state index in [1.165, 1.54) is 0 Å². The number of carbonyl (C=O) groups excluding carboxylic acids is 2. The van der Waals surface area contributed by atoms with E-state index in [0.29, 0.717) is 23.6 Å². The molecule has 6 heteroatoms. The molecule has 3 nitrogen and oxygen atoms in total. The van der Waals surface area contributed by atoms with Gasteiger partial charge in [-0.3, -0.25) is 9.59 Å². The molecule has 2 aromatic rings. The van der Waals surface area contributed by atoms with Crippen molar-refractivity contribution in [2.75, 3.05) is 11.5 Å². The molecule has 2 heterocycles. The average Bonchev–Trinajstić information content (AvgIpc) is 3.27. The monoisotopic (exact) mass is 415 g/mol. The topological polar surface area (TPSA) is 37.4 Å². The van der Waals surface area contributed by atoms with Gasteiger partial charge in [-0.05, 0) is 17.2 Å². The van der Waals surface area contributed by atoms with Crippen LogP contribution < -0.4 is 0 Å². The van der Waals surface area contributed by atoms with Crippen LogP contribution in [0.5, 0.6) is 0 Å². The standard InChI is InChI=1S/C21H18ClNO2S2/c22-16-9-5-4-8-15(16)12-17-19(24)18(21-26-10-11-27-21)20(25)23(17)13-14-6-2-1-3-7-14/h1-9,17H,10-13H2. The third-order valence-electron chi connectivity index (χ3n) is 4.72. The second-order valence-electron chi connectivity index (χ2n) is 6.45. The van der Waals surface area contributed by atoms with E-state index in [9.17, 15) is 9.59 Å². The summed E-state index contributed by atoms with van der Waals surface area (Å²) >= 11 is 9.55. The van der Waals surface area contributed by atoms with Crippen molar-refractivity contribution < 1.29 is 9.59 Å². The molecule has 0 spiro atoms. The number of Topliss-reactive ketones (excluding diaryl/α,β-unsaturated/α-hetero) is 1. The van der Waals surface area contributed by atoms with Gasteiger partial charge in [-0.2, -0.15) is 0 Å². The Hall–Kier alpha value is -1.69. The van der Waals surface area contributed by atoms with Gasteiger partial charge in [-0.25, -0.2) is 0 Å². The first-order chi connectivity index (χ1) is 13.1. The van der Waals surface area contributed by atoms with Gasteiger partial charge in [0.25, 0.3) is 5.91 Å². The summed E-state index contributed by atoms with van der Waals surface area (Å²) in [5, 5.41) is 0.628. The highest BCUT2D eigenvalue weighted by atomic mass is 35.5. The number of hydrogen-bond donors (Lipinski definition) is 0.